The number of allylic oxidation sites excluding steroid dienone is 1. The zero-order chi connectivity index (χ0) is 14.5. The molecule has 0 radical (unpaired) electrons. The van der Waals surface area contributed by atoms with Gasteiger partial charge in [-0.3, -0.25) is 0 Å². The van der Waals surface area contributed by atoms with Crippen molar-refractivity contribution in [3.05, 3.63) is 64.7 Å². The molecule has 0 bridgehead atoms. The van der Waals surface area contributed by atoms with Crippen molar-refractivity contribution in [3.63, 3.8) is 0 Å². The summed E-state index contributed by atoms with van der Waals surface area (Å²) in [5.74, 6) is 0.540. The molecule has 0 saturated heterocycles. The van der Waals surface area contributed by atoms with Crippen LogP contribution < -0.4 is 10.5 Å². The molecular weight excluding hydrogens is 272 g/mol. The summed E-state index contributed by atoms with van der Waals surface area (Å²) >= 11 is 5.93. The number of nitriles is 1. The van der Waals surface area contributed by atoms with E-state index in [0.717, 1.165) is 5.56 Å². The molecule has 3 nitrogen and oxygen atoms in total. The molecule has 0 aromatic heterocycles. The first-order chi connectivity index (χ1) is 9.67. The Hall–Kier alpha value is -2.44. The lowest BCUT2D eigenvalue weighted by Crippen LogP contribution is -2.03. The van der Waals surface area contributed by atoms with Crippen LogP contribution in [0.25, 0.3) is 11.3 Å². The van der Waals surface area contributed by atoms with Gasteiger partial charge in [0.2, 0.25) is 0 Å². The minimum Gasteiger partial charge on any atom is -0.496 e. The second-order valence-electron chi connectivity index (χ2n) is 4.11. The number of benzene rings is 2. The van der Waals surface area contributed by atoms with Gasteiger partial charge < -0.3 is 10.5 Å². The summed E-state index contributed by atoms with van der Waals surface area (Å²) in [5.41, 5.74) is 8.34. The van der Waals surface area contributed by atoms with Gasteiger partial charge >= 0.3 is 0 Å². The molecule has 0 heterocycles. The second-order valence-corrected chi connectivity index (χ2v) is 4.55. The summed E-state index contributed by atoms with van der Waals surface area (Å²) in [4.78, 5) is 0. The van der Waals surface area contributed by atoms with Crippen molar-refractivity contribution in [1.29, 1.82) is 5.26 Å². The smallest absolute Gasteiger partial charge is 0.129 e. The monoisotopic (exact) mass is 284 g/mol. The Labute approximate surface area is 122 Å². The largest absolute Gasteiger partial charge is 0.496 e. The SMILES string of the molecule is COc1cc(Cl)ccc1/C(N)=C(/C#N)c1ccccc1. The average molecular weight is 285 g/mol. The van der Waals surface area contributed by atoms with Crippen LogP contribution in [0.4, 0.5) is 0 Å². The zero-order valence-corrected chi connectivity index (χ0v) is 11.7. The van der Waals surface area contributed by atoms with Crippen LogP contribution in [-0.4, -0.2) is 7.11 Å². The highest BCUT2D eigenvalue weighted by molar-refractivity contribution is 6.30. The van der Waals surface area contributed by atoms with Crippen molar-refractivity contribution in [2.75, 3.05) is 7.11 Å². The molecule has 0 unspecified atom stereocenters. The minimum absolute atomic E-state index is 0.368. The van der Waals surface area contributed by atoms with E-state index in [-0.39, 0.29) is 0 Å². The predicted octanol–water partition coefficient (Wildman–Crippen LogP) is 3.70. The molecule has 0 saturated carbocycles. The fourth-order valence-corrected chi connectivity index (χ4v) is 2.07. The van der Waals surface area contributed by atoms with Crippen LogP contribution in [0.5, 0.6) is 5.75 Å². The zero-order valence-electron chi connectivity index (χ0n) is 10.9. The Kier molecular flexibility index (Phi) is 4.29. The van der Waals surface area contributed by atoms with E-state index in [9.17, 15) is 5.26 Å². The number of ether oxygens (including phenoxy) is 1. The quantitative estimate of drug-likeness (QED) is 0.690. The molecule has 0 spiro atoms. The van der Waals surface area contributed by atoms with Crippen LogP contribution in [-0.2, 0) is 0 Å². The van der Waals surface area contributed by atoms with Gasteiger partial charge in [0.1, 0.15) is 11.8 Å². The van der Waals surface area contributed by atoms with Crippen LogP contribution in [0.3, 0.4) is 0 Å². The lowest BCUT2D eigenvalue weighted by molar-refractivity contribution is 0.413. The van der Waals surface area contributed by atoms with Gasteiger partial charge in [0.25, 0.3) is 0 Å². The van der Waals surface area contributed by atoms with Crippen LogP contribution in [0.15, 0.2) is 48.5 Å². The lowest BCUT2D eigenvalue weighted by Gasteiger charge is -2.11. The van der Waals surface area contributed by atoms with Gasteiger partial charge in [-0.05, 0) is 23.8 Å². The van der Waals surface area contributed by atoms with E-state index in [0.29, 0.717) is 27.6 Å². The van der Waals surface area contributed by atoms with E-state index in [1.807, 2.05) is 30.3 Å². The molecule has 0 aliphatic rings. The van der Waals surface area contributed by atoms with Crippen molar-refractivity contribution in [3.8, 4) is 11.8 Å². The normalized spacial score (nSPS) is 11.4. The summed E-state index contributed by atoms with van der Waals surface area (Å²) in [6, 6.07) is 16.6. The first-order valence-electron chi connectivity index (χ1n) is 5.96. The molecular formula is C16H13ClN2O. The highest BCUT2D eigenvalue weighted by atomic mass is 35.5. The van der Waals surface area contributed by atoms with Crippen LogP contribution in [0, 0.1) is 11.3 Å². The molecule has 2 aromatic rings. The third-order valence-corrected chi connectivity index (χ3v) is 3.13. The molecule has 0 fully saturated rings. The summed E-state index contributed by atoms with van der Waals surface area (Å²) in [5, 5.41) is 9.93. The molecule has 20 heavy (non-hydrogen) atoms. The third kappa shape index (κ3) is 2.76. The van der Waals surface area contributed by atoms with E-state index in [1.54, 1.807) is 18.2 Å². The number of hydrogen-bond donors (Lipinski definition) is 1. The first kappa shape index (κ1) is 14.0. The average Bonchev–Trinajstić information content (AvgIpc) is 2.48. The molecule has 0 atom stereocenters. The van der Waals surface area contributed by atoms with Crippen LogP contribution >= 0.6 is 11.6 Å². The van der Waals surface area contributed by atoms with E-state index in [2.05, 4.69) is 6.07 Å². The Morgan fingerprint density at radius 3 is 2.50 bits per heavy atom. The fourth-order valence-electron chi connectivity index (χ4n) is 1.91. The summed E-state index contributed by atoms with van der Waals surface area (Å²) in [6.07, 6.45) is 0. The van der Waals surface area contributed by atoms with Gasteiger partial charge in [-0.2, -0.15) is 5.26 Å². The van der Waals surface area contributed by atoms with Gasteiger partial charge in [-0.25, -0.2) is 0 Å². The third-order valence-electron chi connectivity index (χ3n) is 2.90. The number of rotatable bonds is 3. The summed E-state index contributed by atoms with van der Waals surface area (Å²) in [6.45, 7) is 0. The second kappa shape index (κ2) is 6.14. The van der Waals surface area contributed by atoms with Gasteiger partial charge in [-0.15, -0.1) is 0 Å². The number of methoxy groups -OCH3 is 1. The van der Waals surface area contributed by atoms with E-state index < -0.39 is 0 Å². The lowest BCUT2D eigenvalue weighted by atomic mass is 10.0. The Bertz CT molecular complexity index is 687. The van der Waals surface area contributed by atoms with Gasteiger partial charge in [-0.1, -0.05) is 41.9 Å². The van der Waals surface area contributed by atoms with Gasteiger partial charge in [0.05, 0.1) is 18.4 Å². The molecule has 2 rings (SSSR count). The van der Waals surface area contributed by atoms with Gasteiger partial charge in [0.15, 0.2) is 0 Å². The van der Waals surface area contributed by atoms with Crippen molar-refractivity contribution in [2.45, 2.75) is 0 Å². The molecule has 100 valence electrons. The Morgan fingerprint density at radius 1 is 1.20 bits per heavy atom. The molecule has 0 aliphatic heterocycles. The predicted molar refractivity (Wildman–Crippen MR) is 81.1 cm³/mol. The maximum absolute atomic E-state index is 9.37. The number of nitrogens with zero attached hydrogens (tertiary/aromatic N) is 1. The maximum atomic E-state index is 9.37. The van der Waals surface area contributed by atoms with E-state index in [4.69, 9.17) is 22.1 Å². The fraction of sp³-hybridized carbons (Fsp3) is 0.0625. The van der Waals surface area contributed by atoms with Crippen molar-refractivity contribution in [1.82, 2.24) is 0 Å². The minimum atomic E-state index is 0.368. The highest BCUT2D eigenvalue weighted by Crippen LogP contribution is 2.30. The van der Waals surface area contributed by atoms with Crippen molar-refractivity contribution >= 4 is 22.9 Å². The number of hydrogen-bond acceptors (Lipinski definition) is 3. The van der Waals surface area contributed by atoms with Crippen molar-refractivity contribution < 1.29 is 4.74 Å². The highest BCUT2D eigenvalue weighted by Gasteiger charge is 2.12. The van der Waals surface area contributed by atoms with E-state index in [1.165, 1.54) is 7.11 Å². The first-order valence-corrected chi connectivity index (χ1v) is 6.34. The molecule has 0 aliphatic carbocycles. The topological polar surface area (TPSA) is 59.0 Å². The standard InChI is InChI=1S/C16H13ClN2O/c1-20-15-9-12(17)7-8-13(15)16(19)14(10-18)11-5-3-2-4-6-11/h2-9H,19H2,1H3/b16-14+. The number of nitrogens with two attached hydrogens (primary N) is 1. The van der Waals surface area contributed by atoms with Gasteiger partial charge in [0, 0.05) is 10.6 Å². The summed E-state index contributed by atoms with van der Waals surface area (Å²) < 4.78 is 5.27. The molecule has 0 amide bonds. The maximum Gasteiger partial charge on any atom is 0.129 e. The Morgan fingerprint density at radius 2 is 1.90 bits per heavy atom. The van der Waals surface area contributed by atoms with Crippen LogP contribution in [0.2, 0.25) is 5.02 Å². The molecule has 2 aromatic carbocycles. The number of halogens is 1. The van der Waals surface area contributed by atoms with Crippen LogP contribution in [0.1, 0.15) is 11.1 Å². The molecule has 2 N–H and O–H groups in total. The van der Waals surface area contributed by atoms with Crippen molar-refractivity contribution in [2.24, 2.45) is 5.73 Å². The summed E-state index contributed by atoms with van der Waals surface area (Å²) in [7, 11) is 1.54. The molecule has 4 heteroatoms. The van der Waals surface area contributed by atoms with E-state index >= 15 is 0 Å². The Balaban J connectivity index is 2.61.